The number of nitrogens with zero attached hydrogens (tertiary/aromatic N) is 4. The molecule has 1 aromatic carbocycles. The molecule has 1 atom stereocenters. The highest BCUT2D eigenvalue weighted by Crippen LogP contribution is 2.22. The first-order chi connectivity index (χ1) is 15.1. The highest BCUT2D eigenvalue weighted by atomic mass is 19.1. The predicted molar refractivity (Wildman–Crippen MR) is 116 cm³/mol. The van der Waals surface area contributed by atoms with Gasteiger partial charge in [-0.05, 0) is 38.2 Å². The lowest BCUT2D eigenvalue weighted by atomic mass is 9.91. The zero-order valence-electron chi connectivity index (χ0n) is 17.5. The fraction of sp³-hybridized carbons (Fsp3) is 0.455. The average molecular weight is 426 g/mol. The highest BCUT2D eigenvalue weighted by Gasteiger charge is 2.24. The van der Waals surface area contributed by atoms with E-state index in [-0.39, 0.29) is 18.5 Å². The number of nitrogens with one attached hydrogen (secondary N) is 2. The summed E-state index contributed by atoms with van der Waals surface area (Å²) >= 11 is 0. The van der Waals surface area contributed by atoms with Gasteiger partial charge in [-0.1, -0.05) is 25.1 Å². The first-order valence-electron chi connectivity index (χ1n) is 10.8. The number of alkyl carbamates (subject to hydrolysis) is 1. The summed E-state index contributed by atoms with van der Waals surface area (Å²) in [6.07, 6.45) is 5.41. The first-order valence-corrected chi connectivity index (χ1v) is 10.8. The summed E-state index contributed by atoms with van der Waals surface area (Å²) in [7, 11) is 0. The van der Waals surface area contributed by atoms with Crippen molar-refractivity contribution in [3.05, 3.63) is 42.7 Å². The Labute approximate surface area is 180 Å². The van der Waals surface area contributed by atoms with Gasteiger partial charge in [0.25, 0.3) is 0 Å². The van der Waals surface area contributed by atoms with Crippen LogP contribution in [0.5, 0.6) is 0 Å². The maximum absolute atomic E-state index is 13.4. The molecule has 0 radical (unpaired) electrons. The lowest BCUT2D eigenvalue weighted by Gasteiger charge is -2.29. The molecule has 1 aliphatic rings. The molecule has 9 heteroatoms. The Morgan fingerprint density at radius 3 is 2.81 bits per heavy atom. The Morgan fingerprint density at radius 1 is 1.23 bits per heavy atom. The number of para-hydroxylation sites is 1. The number of alkyl halides is 1. The Balaban J connectivity index is 1.31. The average Bonchev–Trinajstić information content (AvgIpc) is 3.20. The van der Waals surface area contributed by atoms with Gasteiger partial charge in [-0.2, -0.15) is 10.1 Å². The van der Waals surface area contributed by atoms with Crippen LogP contribution in [-0.4, -0.2) is 44.3 Å². The SMILES string of the molecule is CCCC(F)OC(=O)NC1CCC(Nc2nccc(-n3ncc4ccccc43)n2)CC1. The van der Waals surface area contributed by atoms with Gasteiger partial charge in [-0.25, -0.2) is 18.9 Å². The molecule has 1 saturated carbocycles. The van der Waals surface area contributed by atoms with Gasteiger partial charge in [-0.3, -0.25) is 0 Å². The van der Waals surface area contributed by atoms with Crippen LogP contribution in [0.2, 0.25) is 0 Å². The number of amides is 1. The Morgan fingerprint density at radius 2 is 2.00 bits per heavy atom. The number of benzene rings is 1. The zero-order valence-corrected chi connectivity index (χ0v) is 17.5. The van der Waals surface area contributed by atoms with Crippen molar-refractivity contribution in [1.82, 2.24) is 25.1 Å². The maximum Gasteiger partial charge on any atom is 0.409 e. The molecule has 8 nitrogen and oxygen atoms in total. The standard InChI is InChI=1S/C22H27FN6O2/c1-2-5-19(23)31-22(30)27-17-10-8-16(9-11-17)26-21-24-13-12-20(28-21)29-18-7-4-3-6-15(18)14-25-29/h3-4,6-7,12-14,16-17,19H,2,5,8-11H2,1H3,(H,27,30)(H,24,26,28). The van der Waals surface area contributed by atoms with Crippen molar-refractivity contribution in [3.8, 4) is 5.82 Å². The van der Waals surface area contributed by atoms with E-state index in [0.717, 1.165) is 36.6 Å². The molecule has 3 aromatic rings. The fourth-order valence-electron chi connectivity index (χ4n) is 3.86. The third-order valence-electron chi connectivity index (χ3n) is 5.47. The maximum atomic E-state index is 13.4. The van der Waals surface area contributed by atoms with Crippen molar-refractivity contribution >= 4 is 22.9 Å². The van der Waals surface area contributed by atoms with Crippen LogP contribution in [0.3, 0.4) is 0 Å². The summed E-state index contributed by atoms with van der Waals surface area (Å²) in [6.45, 7) is 1.85. The van der Waals surface area contributed by atoms with E-state index in [0.29, 0.717) is 18.2 Å². The summed E-state index contributed by atoms with van der Waals surface area (Å²) in [6, 6.07) is 9.99. The van der Waals surface area contributed by atoms with Gasteiger partial charge < -0.3 is 15.4 Å². The van der Waals surface area contributed by atoms with Crippen molar-refractivity contribution in [2.45, 2.75) is 63.9 Å². The second-order valence-corrected chi connectivity index (χ2v) is 7.79. The number of carbonyl (C=O) groups is 1. The van der Waals surface area contributed by atoms with Gasteiger partial charge in [0, 0.05) is 36.2 Å². The number of rotatable bonds is 7. The lowest BCUT2D eigenvalue weighted by Crippen LogP contribution is -2.41. The van der Waals surface area contributed by atoms with Gasteiger partial charge in [-0.15, -0.1) is 0 Å². The summed E-state index contributed by atoms with van der Waals surface area (Å²) in [5, 5.41) is 11.6. The van der Waals surface area contributed by atoms with Crippen molar-refractivity contribution in [3.63, 3.8) is 0 Å². The largest absolute Gasteiger partial charge is 0.415 e. The molecular weight excluding hydrogens is 399 g/mol. The van der Waals surface area contributed by atoms with E-state index < -0.39 is 12.5 Å². The highest BCUT2D eigenvalue weighted by molar-refractivity contribution is 5.79. The van der Waals surface area contributed by atoms with E-state index in [1.54, 1.807) is 10.9 Å². The van der Waals surface area contributed by atoms with E-state index in [4.69, 9.17) is 4.74 Å². The molecule has 0 bridgehead atoms. The molecule has 0 aliphatic heterocycles. The Kier molecular flexibility index (Phi) is 6.59. The number of aromatic nitrogens is 4. The van der Waals surface area contributed by atoms with Crippen molar-refractivity contribution in [2.75, 3.05) is 5.32 Å². The van der Waals surface area contributed by atoms with E-state index in [1.165, 1.54) is 0 Å². The number of ether oxygens (including phenoxy) is 1. The van der Waals surface area contributed by atoms with E-state index >= 15 is 0 Å². The van der Waals surface area contributed by atoms with Crippen LogP contribution in [0.15, 0.2) is 42.7 Å². The minimum absolute atomic E-state index is 0.0120. The number of hydrogen-bond acceptors (Lipinski definition) is 6. The van der Waals surface area contributed by atoms with Crippen LogP contribution in [0.1, 0.15) is 45.4 Å². The van der Waals surface area contributed by atoms with Crippen LogP contribution in [0, 0.1) is 0 Å². The summed E-state index contributed by atoms with van der Waals surface area (Å²) in [5.74, 6) is 1.25. The molecule has 1 amide bonds. The summed E-state index contributed by atoms with van der Waals surface area (Å²) < 4.78 is 20.0. The predicted octanol–water partition coefficient (Wildman–Crippen LogP) is 4.36. The molecule has 0 spiro atoms. The summed E-state index contributed by atoms with van der Waals surface area (Å²) in [4.78, 5) is 20.8. The third kappa shape index (κ3) is 5.28. The topological polar surface area (TPSA) is 94.0 Å². The molecule has 2 heterocycles. The van der Waals surface area contributed by atoms with Crippen LogP contribution < -0.4 is 10.6 Å². The third-order valence-corrected chi connectivity index (χ3v) is 5.47. The number of anilines is 1. The number of halogens is 1. The second kappa shape index (κ2) is 9.72. The van der Waals surface area contributed by atoms with Crippen molar-refractivity contribution in [2.24, 2.45) is 0 Å². The molecule has 2 N–H and O–H groups in total. The van der Waals surface area contributed by atoms with Crippen LogP contribution in [-0.2, 0) is 4.74 Å². The number of hydrogen-bond donors (Lipinski definition) is 2. The first kappa shape index (κ1) is 21.0. The molecule has 1 fully saturated rings. The molecule has 1 unspecified atom stereocenters. The van der Waals surface area contributed by atoms with Gasteiger partial charge in [0.2, 0.25) is 12.3 Å². The van der Waals surface area contributed by atoms with Gasteiger partial charge in [0.15, 0.2) is 5.82 Å². The summed E-state index contributed by atoms with van der Waals surface area (Å²) in [5.41, 5.74) is 0.986. The van der Waals surface area contributed by atoms with Gasteiger partial charge in [0.05, 0.1) is 11.7 Å². The van der Waals surface area contributed by atoms with Crippen LogP contribution in [0.25, 0.3) is 16.7 Å². The minimum Gasteiger partial charge on any atom is -0.415 e. The van der Waals surface area contributed by atoms with Gasteiger partial charge in [0.1, 0.15) is 0 Å². The molecule has 1 aliphatic carbocycles. The quantitative estimate of drug-likeness (QED) is 0.583. The zero-order chi connectivity index (χ0) is 21.6. The molecular formula is C22H27FN6O2. The number of carbonyl (C=O) groups excluding carboxylic acids is 1. The van der Waals surface area contributed by atoms with Crippen LogP contribution in [0.4, 0.5) is 15.1 Å². The van der Waals surface area contributed by atoms with E-state index in [1.807, 2.05) is 43.5 Å². The van der Waals surface area contributed by atoms with Gasteiger partial charge >= 0.3 is 6.09 Å². The van der Waals surface area contributed by atoms with Crippen molar-refractivity contribution < 1.29 is 13.9 Å². The monoisotopic (exact) mass is 426 g/mol. The minimum atomic E-state index is -1.54. The molecule has 2 aromatic heterocycles. The molecule has 31 heavy (non-hydrogen) atoms. The second-order valence-electron chi connectivity index (χ2n) is 7.79. The van der Waals surface area contributed by atoms with E-state index in [9.17, 15) is 9.18 Å². The molecule has 164 valence electrons. The lowest BCUT2D eigenvalue weighted by molar-refractivity contribution is 0.00608. The fourth-order valence-corrected chi connectivity index (χ4v) is 3.86. The molecule has 4 rings (SSSR count). The Bertz CT molecular complexity index is 1020. The number of fused-ring (bicyclic) bond motifs is 1. The smallest absolute Gasteiger partial charge is 0.409 e. The Hall–Kier alpha value is -3.23. The van der Waals surface area contributed by atoms with Crippen LogP contribution >= 0.6 is 0 Å². The molecule has 0 saturated heterocycles. The normalized spacial score (nSPS) is 19.7. The van der Waals surface area contributed by atoms with E-state index in [2.05, 4.69) is 25.7 Å². The van der Waals surface area contributed by atoms with Crippen molar-refractivity contribution in [1.29, 1.82) is 0 Å².